The van der Waals surface area contributed by atoms with Crippen molar-refractivity contribution in [3.8, 4) is 6.07 Å². The highest BCUT2D eigenvalue weighted by Gasteiger charge is 2.42. The number of ether oxygens (including phenoxy) is 1. The number of esters is 1. The minimum Gasteiger partial charge on any atom is -0.465 e. The first-order valence-corrected chi connectivity index (χ1v) is 9.05. The number of rotatable bonds is 3. The van der Waals surface area contributed by atoms with E-state index in [1.807, 2.05) is 6.07 Å². The number of methoxy groups -OCH3 is 1. The van der Waals surface area contributed by atoms with Gasteiger partial charge in [-0.05, 0) is 47.9 Å². The first kappa shape index (κ1) is 15.3. The summed E-state index contributed by atoms with van der Waals surface area (Å²) in [6.07, 6.45) is 3.51. The van der Waals surface area contributed by atoms with Gasteiger partial charge < -0.3 is 4.74 Å². The number of carbonyl (C=O) groups is 1. The molecule has 0 fully saturated rings. The molecule has 3 nitrogen and oxygen atoms in total. The second-order valence-electron chi connectivity index (χ2n) is 5.50. The zero-order valence-electron chi connectivity index (χ0n) is 12.6. The molecule has 0 amide bonds. The lowest BCUT2D eigenvalue weighted by Crippen LogP contribution is -2.24. The van der Waals surface area contributed by atoms with Gasteiger partial charge in [-0.2, -0.15) is 5.26 Å². The van der Waals surface area contributed by atoms with Crippen molar-refractivity contribution in [3.63, 3.8) is 0 Å². The summed E-state index contributed by atoms with van der Waals surface area (Å²) < 4.78 is 4.85. The summed E-state index contributed by atoms with van der Waals surface area (Å²) in [4.78, 5) is 14.7. The summed E-state index contributed by atoms with van der Waals surface area (Å²) in [5.41, 5.74) is 1.80. The molecule has 0 aromatic carbocycles. The average molecular weight is 331 g/mol. The van der Waals surface area contributed by atoms with Gasteiger partial charge in [0.2, 0.25) is 0 Å². The second-order valence-corrected chi connectivity index (χ2v) is 7.47. The number of thiophene rings is 2. The third kappa shape index (κ3) is 2.18. The van der Waals surface area contributed by atoms with Crippen LogP contribution in [0.1, 0.15) is 50.3 Å². The molecule has 0 radical (unpaired) electrons. The van der Waals surface area contributed by atoms with Crippen LogP contribution in [0.4, 0.5) is 0 Å². The number of hydrogen-bond acceptors (Lipinski definition) is 5. The number of hydrogen-bond donors (Lipinski definition) is 0. The molecule has 2 aromatic rings. The van der Waals surface area contributed by atoms with E-state index in [1.54, 1.807) is 11.3 Å². The van der Waals surface area contributed by atoms with Crippen LogP contribution in [0.5, 0.6) is 0 Å². The van der Waals surface area contributed by atoms with Crippen LogP contribution in [0.3, 0.4) is 0 Å². The van der Waals surface area contributed by atoms with Crippen LogP contribution in [0, 0.1) is 11.3 Å². The van der Waals surface area contributed by atoms with Crippen molar-refractivity contribution in [1.82, 2.24) is 0 Å². The highest BCUT2D eigenvalue weighted by atomic mass is 32.1. The van der Waals surface area contributed by atoms with E-state index in [-0.39, 0.29) is 5.97 Å². The smallest absolute Gasteiger partial charge is 0.348 e. The Kier molecular flexibility index (Phi) is 4.07. The van der Waals surface area contributed by atoms with Gasteiger partial charge in [-0.25, -0.2) is 4.79 Å². The van der Waals surface area contributed by atoms with Crippen LogP contribution >= 0.6 is 22.7 Å². The highest BCUT2D eigenvalue weighted by molar-refractivity contribution is 7.15. The lowest BCUT2D eigenvalue weighted by Gasteiger charge is -2.25. The van der Waals surface area contributed by atoms with Crippen molar-refractivity contribution in [3.05, 3.63) is 43.3 Å². The fourth-order valence-electron chi connectivity index (χ4n) is 3.22. The van der Waals surface area contributed by atoms with Gasteiger partial charge in [0.1, 0.15) is 10.3 Å². The third-order valence-electron chi connectivity index (χ3n) is 4.20. The molecular weight excluding hydrogens is 314 g/mol. The molecule has 0 bridgehead atoms. The molecular formula is C17H17NO2S2. The summed E-state index contributed by atoms with van der Waals surface area (Å²) in [5.74, 6) is -0.312. The summed E-state index contributed by atoms with van der Waals surface area (Å²) >= 11 is 3.09. The van der Waals surface area contributed by atoms with Crippen molar-refractivity contribution in [2.24, 2.45) is 0 Å². The molecule has 3 rings (SSSR count). The Morgan fingerprint density at radius 1 is 1.41 bits per heavy atom. The maximum atomic E-state index is 11.9. The van der Waals surface area contributed by atoms with Crippen molar-refractivity contribution < 1.29 is 9.53 Å². The van der Waals surface area contributed by atoms with Crippen molar-refractivity contribution in [2.45, 2.75) is 38.0 Å². The zero-order chi connectivity index (χ0) is 15.7. The molecule has 0 spiro atoms. The van der Waals surface area contributed by atoms with E-state index < -0.39 is 5.41 Å². The Labute approximate surface area is 138 Å². The van der Waals surface area contributed by atoms with E-state index in [1.165, 1.54) is 24.0 Å². The summed E-state index contributed by atoms with van der Waals surface area (Å²) in [6.45, 7) is 2.10. The Morgan fingerprint density at radius 2 is 2.18 bits per heavy atom. The molecule has 1 unspecified atom stereocenters. The molecule has 2 heterocycles. The quantitative estimate of drug-likeness (QED) is 0.788. The van der Waals surface area contributed by atoms with Crippen molar-refractivity contribution >= 4 is 28.6 Å². The number of nitrogens with zero attached hydrogens (tertiary/aromatic N) is 1. The van der Waals surface area contributed by atoms with Crippen LogP contribution in [0.25, 0.3) is 0 Å². The van der Waals surface area contributed by atoms with Gasteiger partial charge in [0.25, 0.3) is 0 Å². The monoisotopic (exact) mass is 331 g/mol. The highest BCUT2D eigenvalue weighted by Crippen LogP contribution is 2.48. The molecule has 0 saturated carbocycles. The van der Waals surface area contributed by atoms with Gasteiger partial charge in [-0.3, -0.25) is 0 Å². The first-order chi connectivity index (χ1) is 10.7. The maximum absolute atomic E-state index is 11.9. The van der Waals surface area contributed by atoms with E-state index in [2.05, 4.69) is 24.4 Å². The fraction of sp³-hybridized carbons (Fsp3) is 0.412. The van der Waals surface area contributed by atoms with Crippen molar-refractivity contribution in [1.29, 1.82) is 5.26 Å². The number of fused-ring (bicyclic) bond motifs is 2. The molecule has 1 atom stereocenters. The minimum absolute atomic E-state index is 0.312. The molecule has 2 aromatic heterocycles. The van der Waals surface area contributed by atoms with E-state index in [4.69, 9.17) is 4.74 Å². The zero-order valence-corrected chi connectivity index (χ0v) is 14.3. The lowest BCUT2D eigenvalue weighted by molar-refractivity contribution is 0.0606. The van der Waals surface area contributed by atoms with Gasteiger partial charge in [0, 0.05) is 9.75 Å². The molecule has 1 aliphatic rings. The predicted octanol–water partition coefficient (Wildman–Crippen LogP) is 4.30. The van der Waals surface area contributed by atoms with Gasteiger partial charge in [-0.1, -0.05) is 13.3 Å². The maximum Gasteiger partial charge on any atom is 0.348 e. The number of carbonyl (C=O) groups excluding carboxylic acids is 1. The third-order valence-corrected chi connectivity index (χ3v) is 6.63. The molecule has 0 aliphatic heterocycles. The van der Waals surface area contributed by atoms with E-state index >= 15 is 0 Å². The standard InChI is InChI=1S/C17H17NO2S2/c1-3-7-17(10-18)14-11(6-8-21-14)4-5-12-9-13(16(19)20-2)22-15(12)17/h6,8-9H,3-5,7H2,1-2H3. The molecule has 0 saturated heterocycles. The second kappa shape index (κ2) is 5.86. The summed E-state index contributed by atoms with van der Waals surface area (Å²) in [6, 6.07) is 6.66. The van der Waals surface area contributed by atoms with Gasteiger partial charge in [0.05, 0.1) is 13.2 Å². The Bertz CT molecular complexity index is 753. The van der Waals surface area contributed by atoms with Crippen LogP contribution in [0.2, 0.25) is 0 Å². The largest absolute Gasteiger partial charge is 0.465 e. The fourth-order valence-corrected chi connectivity index (χ4v) is 5.73. The average Bonchev–Trinajstić information content (AvgIpc) is 3.15. The van der Waals surface area contributed by atoms with Crippen LogP contribution in [0.15, 0.2) is 17.5 Å². The minimum atomic E-state index is -0.610. The summed E-state index contributed by atoms with van der Waals surface area (Å²) in [5, 5.41) is 12.1. The van der Waals surface area contributed by atoms with E-state index in [9.17, 15) is 10.1 Å². The molecule has 22 heavy (non-hydrogen) atoms. The van der Waals surface area contributed by atoms with Gasteiger partial charge >= 0.3 is 5.97 Å². The van der Waals surface area contributed by atoms with Crippen LogP contribution < -0.4 is 0 Å². The van der Waals surface area contributed by atoms with Crippen LogP contribution in [-0.2, 0) is 23.0 Å². The molecule has 5 heteroatoms. The van der Waals surface area contributed by atoms with Gasteiger partial charge in [0.15, 0.2) is 0 Å². The normalized spacial score (nSPS) is 19.7. The van der Waals surface area contributed by atoms with Gasteiger partial charge in [-0.15, -0.1) is 22.7 Å². The summed E-state index contributed by atoms with van der Waals surface area (Å²) in [7, 11) is 1.40. The Morgan fingerprint density at radius 3 is 2.86 bits per heavy atom. The SMILES string of the molecule is CCCC1(C#N)c2sccc2CCc2cc(C(=O)OC)sc21. The molecule has 0 N–H and O–H groups in total. The van der Waals surface area contributed by atoms with Crippen molar-refractivity contribution in [2.75, 3.05) is 7.11 Å². The topological polar surface area (TPSA) is 50.1 Å². The predicted molar refractivity (Wildman–Crippen MR) is 88.7 cm³/mol. The molecule has 114 valence electrons. The van der Waals surface area contributed by atoms with E-state index in [0.29, 0.717) is 4.88 Å². The first-order valence-electron chi connectivity index (χ1n) is 7.36. The number of nitriles is 1. The van der Waals surface area contributed by atoms with Crippen LogP contribution in [-0.4, -0.2) is 13.1 Å². The lowest BCUT2D eigenvalue weighted by atomic mass is 9.80. The molecule has 1 aliphatic carbocycles. The Balaban J connectivity index is 2.23. The van der Waals surface area contributed by atoms with E-state index in [0.717, 1.165) is 41.0 Å². The number of aryl methyl sites for hydroxylation is 2. The Hall–Kier alpha value is -1.64.